The van der Waals surface area contributed by atoms with Crippen LogP contribution in [-0.2, 0) is 0 Å². The van der Waals surface area contributed by atoms with E-state index in [9.17, 15) is 0 Å². The Balaban J connectivity index is 2.75. The van der Waals surface area contributed by atoms with Crippen LogP contribution >= 0.6 is 23.4 Å². The molecule has 0 aliphatic carbocycles. The van der Waals surface area contributed by atoms with Gasteiger partial charge in [0, 0.05) is 4.90 Å². The van der Waals surface area contributed by atoms with Gasteiger partial charge in [0.25, 0.3) is 0 Å². The minimum Gasteiger partial charge on any atom is -0.345 e. The first-order chi connectivity index (χ1) is 5.81. The molecule has 1 aromatic carbocycles. The first kappa shape index (κ1) is 7.95. The number of aromatic nitrogens is 2. The third kappa shape index (κ3) is 1.19. The maximum Gasteiger partial charge on any atom is 0.107 e. The Bertz CT molecular complexity index is 410. The van der Waals surface area contributed by atoms with E-state index in [-0.39, 0.29) is 0 Å². The molecule has 1 N–H and O–H groups in total. The summed E-state index contributed by atoms with van der Waals surface area (Å²) in [6, 6.07) is 3.97. The number of rotatable bonds is 1. The van der Waals surface area contributed by atoms with Crippen LogP contribution in [0, 0.1) is 0 Å². The molecule has 0 saturated carbocycles. The van der Waals surface area contributed by atoms with Gasteiger partial charge in [0.1, 0.15) is 5.52 Å². The van der Waals surface area contributed by atoms with E-state index in [1.165, 1.54) is 0 Å². The van der Waals surface area contributed by atoms with Crippen LogP contribution in [0.15, 0.2) is 23.4 Å². The third-order valence-corrected chi connectivity index (χ3v) is 2.68. The molecule has 1 heterocycles. The minimum atomic E-state index is 0.707. The Morgan fingerprint density at radius 2 is 2.33 bits per heavy atom. The summed E-state index contributed by atoms with van der Waals surface area (Å²) >= 11 is 7.66. The Hall–Kier alpha value is -0.670. The first-order valence-electron chi connectivity index (χ1n) is 3.48. The van der Waals surface area contributed by atoms with Crippen molar-refractivity contribution in [3.63, 3.8) is 0 Å². The Kier molecular flexibility index (Phi) is 1.98. The molecule has 0 atom stereocenters. The van der Waals surface area contributed by atoms with Gasteiger partial charge in [0.05, 0.1) is 16.9 Å². The molecular weight excluding hydrogens is 192 g/mol. The summed E-state index contributed by atoms with van der Waals surface area (Å²) in [5.41, 5.74) is 1.83. The number of halogens is 1. The fraction of sp³-hybridized carbons (Fsp3) is 0.125. The smallest absolute Gasteiger partial charge is 0.107 e. The van der Waals surface area contributed by atoms with Crippen molar-refractivity contribution in [3.05, 3.63) is 23.5 Å². The second-order valence-electron chi connectivity index (χ2n) is 2.41. The Labute approximate surface area is 79.3 Å². The van der Waals surface area contributed by atoms with Gasteiger partial charge in [-0.25, -0.2) is 4.98 Å². The summed E-state index contributed by atoms with van der Waals surface area (Å²) in [6.07, 6.45) is 3.68. The van der Waals surface area contributed by atoms with Crippen LogP contribution in [0.5, 0.6) is 0 Å². The third-order valence-electron chi connectivity index (χ3n) is 1.69. The monoisotopic (exact) mass is 198 g/mol. The quantitative estimate of drug-likeness (QED) is 0.714. The molecule has 1 aromatic heterocycles. The molecule has 12 heavy (non-hydrogen) atoms. The van der Waals surface area contributed by atoms with Gasteiger partial charge in [-0.2, -0.15) is 0 Å². The van der Waals surface area contributed by atoms with Crippen molar-refractivity contribution >= 4 is 34.4 Å². The van der Waals surface area contributed by atoms with Gasteiger partial charge in [-0.05, 0) is 18.4 Å². The summed E-state index contributed by atoms with van der Waals surface area (Å²) in [4.78, 5) is 8.27. The number of aromatic amines is 1. The summed E-state index contributed by atoms with van der Waals surface area (Å²) in [5.74, 6) is 0. The molecule has 0 amide bonds. The number of imidazole rings is 1. The maximum absolute atomic E-state index is 5.99. The fourth-order valence-corrected chi connectivity index (χ4v) is 1.90. The van der Waals surface area contributed by atoms with Crippen molar-refractivity contribution in [3.8, 4) is 0 Å². The number of fused-ring (bicyclic) bond motifs is 1. The molecule has 0 spiro atoms. The lowest BCUT2D eigenvalue weighted by Gasteiger charge is -1.97. The highest BCUT2D eigenvalue weighted by Crippen LogP contribution is 2.26. The zero-order valence-electron chi connectivity index (χ0n) is 6.47. The SMILES string of the molecule is CSc1cc(Cl)c2nc[nH]c2c1. The highest BCUT2D eigenvalue weighted by atomic mass is 35.5. The van der Waals surface area contributed by atoms with Crippen LogP contribution in [0.4, 0.5) is 0 Å². The molecule has 2 aromatic rings. The van der Waals surface area contributed by atoms with E-state index in [0.29, 0.717) is 5.02 Å². The lowest BCUT2D eigenvalue weighted by atomic mass is 10.3. The fourth-order valence-electron chi connectivity index (χ4n) is 1.10. The molecule has 62 valence electrons. The number of H-pyrrole nitrogens is 1. The molecule has 0 radical (unpaired) electrons. The topological polar surface area (TPSA) is 28.7 Å². The number of thioether (sulfide) groups is 1. The molecule has 0 unspecified atom stereocenters. The van der Waals surface area contributed by atoms with Gasteiger partial charge < -0.3 is 4.98 Å². The van der Waals surface area contributed by atoms with Crippen LogP contribution in [0.3, 0.4) is 0 Å². The largest absolute Gasteiger partial charge is 0.345 e. The summed E-state index contributed by atoms with van der Waals surface area (Å²) in [7, 11) is 0. The van der Waals surface area contributed by atoms with Crippen LogP contribution in [-0.4, -0.2) is 16.2 Å². The summed E-state index contributed by atoms with van der Waals surface area (Å²) in [6.45, 7) is 0. The highest BCUT2D eigenvalue weighted by Gasteiger charge is 2.02. The summed E-state index contributed by atoms with van der Waals surface area (Å²) in [5, 5.41) is 0.707. The van der Waals surface area contributed by atoms with Crippen molar-refractivity contribution in [2.75, 3.05) is 6.26 Å². The number of hydrogen-bond donors (Lipinski definition) is 1. The number of nitrogens with zero attached hydrogens (tertiary/aromatic N) is 1. The molecular formula is C8H7ClN2S. The molecule has 0 aliphatic heterocycles. The van der Waals surface area contributed by atoms with E-state index in [0.717, 1.165) is 15.9 Å². The second-order valence-corrected chi connectivity index (χ2v) is 3.69. The standard InChI is InChI=1S/C8H7ClN2S/c1-12-5-2-6(9)8-7(3-5)10-4-11-8/h2-4H,1H3,(H,10,11). The van der Waals surface area contributed by atoms with Gasteiger partial charge >= 0.3 is 0 Å². The predicted octanol–water partition coefficient (Wildman–Crippen LogP) is 2.94. The molecule has 2 rings (SSSR count). The molecule has 0 fully saturated rings. The van der Waals surface area contributed by atoms with Crippen LogP contribution in [0.2, 0.25) is 5.02 Å². The molecule has 0 aliphatic rings. The Morgan fingerprint density at radius 1 is 1.50 bits per heavy atom. The normalized spacial score (nSPS) is 10.8. The van der Waals surface area contributed by atoms with Gasteiger partial charge in [-0.15, -0.1) is 11.8 Å². The van der Waals surface area contributed by atoms with E-state index >= 15 is 0 Å². The van der Waals surface area contributed by atoms with Crippen LogP contribution < -0.4 is 0 Å². The predicted molar refractivity (Wildman–Crippen MR) is 52.9 cm³/mol. The van der Waals surface area contributed by atoms with Crippen molar-refractivity contribution < 1.29 is 0 Å². The van der Waals surface area contributed by atoms with Gasteiger partial charge in [-0.1, -0.05) is 11.6 Å². The highest BCUT2D eigenvalue weighted by molar-refractivity contribution is 7.98. The minimum absolute atomic E-state index is 0.707. The molecule has 4 heteroatoms. The lowest BCUT2D eigenvalue weighted by molar-refractivity contribution is 1.34. The molecule has 0 bridgehead atoms. The van der Waals surface area contributed by atoms with Gasteiger partial charge in [0.15, 0.2) is 0 Å². The van der Waals surface area contributed by atoms with Crippen molar-refractivity contribution in [1.29, 1.82) is 0 Å². The van der Waals surface area contributed by atoms with Crippen molar-refractivity contribution in [2.45, 2.75) is 4.90 Å². The average Bonchev–Trinajstić information content (AvgIpc) is 2.52. The average molecular weight is 199 g/mol. The number of hydrogen-bond acceptors (Lipinski definition) is 2. The summed E-state index contributed by atoms with van der Waals surface area (Å²) < 4.78 is 0. The molecule has 2 nitrogen and oxygen atoms in total. The lowest BCUT2D eigenvalue weighted by Crippen LogP contribution is -1.74. The van der Waals surface area contributed by atoms with Crippen LogP contribution in [0.25, 0.3) is 11.0 Å². The van der Waals surface area contributed by atoms with Gasteiger partial charge in [0.2, 0.25) is 0 Å². The van der Waals surface area contributed by atoms with E-state index in [4.69, 9.17) is 11.6 Å². The zero-order chi connectivity index (χ0) is 8.55. The van der Waals surface area contributed by atoms with Crippen molar-refractivity contribution in [1.82, 2.24) is 9.97 Å². The van der Waals surface area contributed by atoms with E-state index < -0.39 is 0 Å². The van der Waals surface area contributed by atoms with E-state index in [1.807, 2.05) is 18.4 Å². The second kappa shape index (κ2) is 2.99. The van der Waals surface area contributed by atoms with E-state index in [2.05, 4.69) is 9.97 Å². The first-order valence-corrected chi connectivity index (χ1v) is 5.08. The van der Waals surface area contributed by atoms with Crippen LogP contribution in [0.1, 0.15) is 0 Å². The maximum atomic E-state index is 5.99. The zero-order valence-corrected chi connectivity index (χ0v) is 8.04. The van der Waals surface area contributed by atoms with Crippen molar-refractivity contribution in [2.24, 2.45) is 0 Å². The number of nitrogens with one attached hydrogen (secondary N) is 1. The number of benzene rings is 1. The van der Waals surface area contributed by atoms with Gasteiger partial charge in [-0.3, -0.25) is 0 Å². The Morgan fingerprint density at radius 3 is 3.08 bits per heavy atom. The molecule has 0 saturated heterocycles. The van der Waals surface area contributed by atoms with E-state index in [1.54, 1.807) is 18.1 Å².